The molecule has 1 atom stereocenters. The van der Waals surface area contributed by atoms with Crippen LogP contribution in [-0.4, -0.2) is 13.7 Å². The van der Waals surface area contributed by atoms with Crippen molar-refractivity contribution < 1.29 is 17.4 Å². The van der Waals surface area contributed by atoms with Crippen molar-refractivity contribution in [2.24, 2.45) is 0 Å². The molecule has 0 amide bonds. The maximum absolute atomic E-state index is 10.1. The Kier molecular flexibility index (Phi) is 1.99. The summed E-state index contributed by atoms with van der Waals surface area (Å²) in [7, 11) is 0. The van der Waals surface area contributed by atoms with Crippen LogP contribution in [0.15, 0.2) is 28.7 Å². The van der Waals surface area contributed by atoms with Crippen molar-refractivity contribution in [3.05, 3.63) is 24.3 Å². The average molecular weight is 198 g/mol. The van der Waals surface area contributed by atoms with E-state index in [4.69, 9.17) is 4.42 Å². The minimum atomic E-state index is -2.65. The lowest BCUT2D eigenvalue weighted by Gasteiger charge is -1.99. The zero-order chi connectivity index (χ0) is 9.26. The molecule has 1 heterocycles. The molecule has 0 aliphatic rings. The molecule has 0 aliphatic heterocycles. The standard InChI is InChI=1S/C7H5NO4S/c9-13(10)12-7-8-5-3-1-2-4-6(5)11-7/h1-4H,(H,9,10)/p-1. The normalized spacial score (nSPS) is 13.0. The van der Waals surface area contributed by atoms with Gasteiger partial charge in [0.25, 0.3) is 0 Å². The van der Waals surface area contributed by atoms with Gasteiger partial charge in [0.2, 0.25) is 0 Å². The lowest BCUT2D eigenvalue weighted by molar-refractivity contribution is 0.363. The minimum Gasteiger partial charge on any atom is -0.740 e. The van der Waals surface area contributed by atoms with Crippen LogP contribution in [0.3, 0.4) is 0 Å². The molecule has 0 bridgehead atoms. The van der Waals surface area contributed by atoms with Crippen molar-refractivity contribution in [3.8, 4) is 6.08 Å². The van der Waals surface area contributed by atoms with Gasteiger partial charge >= 0.3 is 6.08 Å². The van der Waals surface area contributed by atoms with Crippen LogP contribution in [0.25, 0.3) is 11.1 Å². The van der Waals surface area contributed by atoms with E-state index in [1.165, 1.54) is 0 Å². The highest BCUT2D eigenvalue weighted by molar-refractivity contribution is 7.74. The summed E-state index contributed by atoms with van der Waals surface area (Å²) < 4.78 is 29.4. The second-order valence-corrected chi connectivity index (χ2v) is 2.81. The molecule has 0 spiro atoms. The zero-order valence-electron chi connectivity index (χ0n) is 6.30. The number of para-hydroxylation sites is 2. The van der Waals surface area contributed by atoms with Gasteiger partial charge in [-0.3, -0.25) is 0 Å². The maximum atomic E-state index is 10.1. The molecule has 6 heteroatoms. The van der Waals surface area contributed by atoms with E-state index >= 15 is 0 Å². The van der Waals surface area contributed by atoms with Gasteiger partial charge in [-0.1, -0.05) is 12.1 Å². The summed E-state index contributed by atoms with van der Waals surface area (Å²) >= 11 is -2.65. The average Bonchev–Trinajstić information content (AvgIpc) is 2.44. The smallest absolute Gasteiger partial charge is 0.408 e. The van der Waals surface area contributed by atoms with Gasteiger partial charge in [-0.25, -0.2) is 4.21 Å². The Morgan fingerprint density at radius 2 is 2.23 bits per heavy atom. The summed E-state index contributed by atoms with van der Waals surface area (Å²) in [5.41, 5.74) is 1.05. The number of rotatable bonds is 2. The van der Waals surface area contributed by atoms with Gasteiger partial charge in [0.15, 0.2) is 5.58 Å². The largest absolute Gasteiger partial charge is 0.740 e. The van der Waals surface area contributed by atoms with Gasteiger partial charge in [0.1, 0.15) is 16.9 Å². The number of fused-ring (bicyclic) bond motifs is 1. The lowest BCUT2D eigenvalue weighted by Crippen LogP contribution is -1.97. The summed E-state index contributed by atoms with van der Waals surface area (Å²) in [6, 6.07) is 6.89. The summed E-state index contributed by atoms with van der Waals surface area (Å²) in [6.45, 7) is 0. The van der Waals surface area contributed by atoms with Crippen LogP contribution >= 0.6 is 0 Å². The van der Waals surface area contributed by atoms with Crippen molar-refractivity contribution >= 4 is 22.5 Å². The molecule has 0 N–H and O–H groups in total. The van der Waals surface area contributed by atoms with E-state index in [9.17, 15) is 8.76 Å². The maximum Gasteiger partial charge on any atom is 0.408 e. The molecule has 0 saturated heterocycles. The van der Waals surface area contributed by atoms with Crippen LogP contribution in [0.1, 0.15) is 0 Å². The lowest BCUT2D eigenvalue weighted by atomic mass is 10.3. The van der Waals surface area contributed by atoms with E-state index in [2.05, 4.69) is 9.17 Å². The molecule has 0 radical (unpaired) electrons. The molecule has 0 saturated carbocycles. The number of hydrogen-bond acceptors (Lipinski definition) is 5. The van der Waals surface area contributed by atoms with E-state index in [-0.39, 0.29) is 6.08 Å². The van der Waals surface area contributed by atoms with Crippen LogP contribution in [0, 0.1) is 0 Å². The second kappa shape index (κ2) is 3.15. The Morgan fingerprint density at radius 3 is 2.92 bits per heavy atom. The van der Waals surface area contributed by atoms with Crippen molar-refractivity contribution in [2.45, 2.75) is 0 Å². The quantitative estimate of drug-likeness (QED) is 0.673. The van der Waals surface area contributed by atoms with E-state index in [0.717, 1.165) is 0 Å². The van der Waals surface area contributed by atoms with Gasteiger partial charge in [-0.05, 0) is 12.1 Å². The fraction of sp³-hybridized carbons (Fsp3) is 0. The summed E-state index contributed by atoms with van der Waals surface area (Å²) in [5, 5.41) is 0. The molecule has 0 fully saturated rings. The van der Waals surface area contributed by atoms with E-state index < -0.39 is 11.4 Å². The molecule has 2 aromatic rings. The third-order valence-electron chi connectivity index (χ3n) is 1.41. The summed E-state index contributed by atoms with van der Waals surface area (Å²) in [5.74, 6) is 0. The molecule has 1 aromatic heterocycles. The molecular weight excluding hydrogens is 194 g/mol. The van der Waals surface area contributed by atoms with Gasteiger partial charge in [-0.15, -0.1) is 0 Å². The number of aromatic nitrogens is 1. The topological polar surface area (TPSA) is 75.4 Å². The Balaban J connectivity index is 2.44. The highest BCUT2D eigenvalue weighted by Gasteiger charge is 2.05. The first-order valence-electron chi connectivity index (χ1n) is 3.39. The van der Waals surface area contributed by atoms with E-state index in [1.807, 2.05) is 0 Å². The summed E-state index contributed by atoms with van der Waals surface area (Å²) in [4.78, 5) is 3.77. The van der Waals surface area contributed by atoms with Crippen LogP contribution in [0.2, 0.25) is 0 Å². The van der Waals surface area contributed by atoms with Gasteiger partial charge in [0.05, 0.1) is 0 Å². The highest BCUT2D eigenvalue weighted by atomic mass is 32.2. The number of nitrogens with zero attached hydrogens (tertiary/aromatic N) is 1. The van der Waals surface area contributed by atoms with Crippen molar-refractivity contribution in [3.63, 3.8) is 0 Å². The Bertz CT molecular complexity index is 419. The fourth-order valence-corrected chi connectivity index (χ4v) is 1.13. The van der Waals surface area contributed by atoms with Crippen LogP contribution in [0.4, 0.5) is 0 Å². The fourth-order valence-electron chi connectivity index (χ4n) is 0.945. The first kappa shape index (κ1) is 8.21. The summed E-state index contributed by atoms with van der Waals surface area (Å²) in [6.07, 6.45) is -0.269. The second-order valence-electron chi connectivity index (χ2n) is 2.23. The first-order valence-corrected chi connectivity index (χ1v) is 4.39. The number of oxazole rings is 1. The third-order valence-corrected chi connectivity index (χ3v) is 1.69. The predicted octanol–water partition coefficient (Wildman–Crippen LogP) is 1.00. The predicted molar refractivity (Wildman–Crippen MR) is 43.6 cm³/mol. The minimum absolute atomic E-state index is 0.269. The van der Waals surface area contributed by atoms with E-state index in [0.29, 0.717) is 11.1 Å². The monoisotopic (exact) mass is 198 g/mol. The SMILES string of the molecule is O=S([O-])Oc1nc2ccccc2o1. The molecule has 0 aliphatic carbocycles. The molecule has 1 aromatic carbocycles. The van der Waals surface area contributed by atoms with Crippen LogP contribution in [-0.2, 0) is 11.4 Å². The number of benzene rings is 1. The molecule has 5 nitrogen and oxygen atoms in total. The highest BCUT2D eigenvalue weighted by Crippen LogP contribution is 2.19. The van der Waals surface area contributed by atoms with Gasteiger partial charge in [-0.2, -0.15) is 4.98 Å². The molecule has 1 unspecified atom stereocenters. The Morgan fingerprint density at radius 1 is 1.46 bits per heavy atom. The molecule has 2 rings (SSSR count). The molecule has 68 valence electrons. The van der Waals surface area contributed by atoms with Crippen molar-refractivity contribution in [2.75, 3.05) is 0 Å². The first-order chi connectivity index (χ1) is 6.25. The van der Waals surface area contributed by atoms with Crippen molar-refractivity contribution in [1.29, 1.82) is 0 Å². The van der Waals surface area contributed by atoms with Gasteiger partial charge < -0.3 is 13.2 Å². The van der Waals surface area contributed by atoms with Crippen LogP contribution < -0.4 is 4.18 Å². The van der Waals surface area contributed by atoms with Gasteiger partial charge in [0, 0.05) is 0 Å². The Labute approximate surface area is 75.8 Å². The zero-order valence-corrected chi connectivity index (χ0v) is 7.11. The Hall–Kier alpha value is -1.40. The molecular formula is C7H4NO4S-. The third kappa shape index (κ3) is 1.68. The van der Waals surface area contributed by atoms with Crippen molar-refractivity contribution in [1.82, 2.24) is 4.98 Å². The number of hydrogen-bond donors (Lipinski definition) is 0. The molecule has 13 heavy (non-hydrogen) atoms. The van der Waals surface area contributed by atoms with Crippen LogP contribution in [0.5, 0.6) is 6.08 Å². The van der Waals surface area contributed by atoms with E-state index in [1.54, 1.807) is 24.3 Å².